The molecule has 0 heteroatoms. The summed E-state index contributed by atoms with van der Waals surface area (Å²) in [6.07, 6.45) is 10.3. The van der Waals surface area contributed by atoms with E-state index in [1.54, 1.807) is 0 Å². The van der Waals surface area contributed by atoms with Crippen LogP contribution in [0.3, 0.4) is 0 Å². The number of hydrogen-bond donors (Lipinski definition) is 0. The quantitative estimate of drug-likeness (QED) is 0.558. The second-order valence-corrected chi connectivity index (χ2v) is 5.14. The molecule has 0 N–H and O–H groups in total. The lowest BCUT2D eigenvalue weighted by atomic mass is 9.84. The molecule has 0 aromatic rings. The lowest BCUT2D eigenvalue weighted by Gasteiger charge is -2.21. The van der Waals surface area contributed by atoms with E-state index in [1.807, 2.05) is 0 Å². The molecule has 1 aliphatic carbocycles. The molecule has 78 valence electrons. The van der Waals surface area contributed by atoms with E-state index < -0.39 is 0 Å². The molecule has 1 aliphatic rings. The fraction of sp³-hybridized carbons (Fsp3) is 1.00. The van der Waals surface area contributed by atoms with Crippen LogP contribution in [0.5, 0.6) is 0 Å². The summed E-state index contributed by atoms with van der Waals surface area (Å²) in [5, 5.41) is 0. The average Bonchev–Trinajstić information content (AvgIpc) is 2.30. The molecule has 0 aromatic carbocycles. The number of hydrogen-bond acceptors (Lipinski definition) is 0. The van der Waals surface area contributed by atoms with Crippen molar-refractivity contribution >= 4 is 0 Å². The molecular formula is C13H26. The van der Waals surface area contributed by atoms with Gasteiger partial charge in [0.15, 0.2) is 0 Å². The average molecular weight is 182 g/mol. The fourth-order valence-electron chi connectivity index (χ4n) is 2.78. The van der Waals surface area contributed by atoms with Crippen LogP contribution in [0.15, 0.2) is 0 Å². The van der Waals surface area contributed by atoms with Crippen molar-refractivity contribution in [3.63, 3.8) is 0 Å². The van der Waals surface area contributed by atoms with Crippen molar-refractivity contribution in [2.45, 2.75) is 65.7 Å². The first-order chi connectivity index (χ1) is 6.24. The first-order valence-corrected chi connectivity index (χ1v) is 6.24. The van der Waals surface area contributed by atoms with Gasteiger partial charge in [-0.3, -0.25) is 0 Å². The molecule has 0 nitrogen and oxygen atoms in total. The Morgan fingerprint density at radius 2 is 1.92 bits per heavy atom. The largest absolute Gasteiger partial charge is 0.0654 e. The van der Waals surface area contributed by atoms with E-state index in [0.717, 1.165) is 17.8 Å². The van der Waals surface area contributed by atoms with Crippen LogP contribution in [0.2, 0.25) is 0 Å². The van der Waals surface area contributed by atoms with Gasteiger partial charge in [0.2, 0.25) is 0 Å². The Kier molecular flexibility index (Phi) is 4.83. The highest BCUT2D eigenvalue weighted by Gasteiger charge is 2.20. The lowest BCUT2D eigenvalue weighted by molar-refractivity contribution is 0.298. The predicted molar refractivity (Wildman–Crippen MR) is 59.8 cm³/mol. The molecular weight excluding hydrogens is 156 g/mol. The molecule has 0 heterocycles. The molecule has 0 radical (unpaired) electrons. The predicted octanol–water partition coefficient (Wildman–Crippen LogP) is 4.64. The van der Waals surface area contributed by atoms with Crippen LogP contribution >= 0.6 is 0 Å². The van der Waals surface area contributed by atoms with Gasteiger partial charge in [-0.25, -0.2) is 0 Å². The van der Waals surface area contributed by atoms with Gasteiger partial charge >= 0.3 is 0 Å². The topological polar surface area (TPSA) is 0 Å². The van der Waals surface area contributed by atoms with Crippen LogP contribution in [0.25, 0.3) is 0 Å². The maximum atomic E-state index is 2.46. The lowest BCUT2D eigenvalue weighted by Crippen LogP contribution is -2.10. The van der Waals surface area contributed by atoms with Crippen LogP contribution in [0.4, 0.5) is 0 Å². The highest BCUT2D eigenvalue weighted by molar-refractivity contribution is 4.72. The summed E-state index contributed by atoms with van der Waals surface area (Å²) >= 11 is 0. The second kappa shape index (κ2) is 5.67. The summed E-state index contributed by atoms with van der Waals surface area (Å²) in [5.74, 6) is 3.03. The minimum absolute atomic E-state index is 0.982. The van der Waals surface area contributed by atoms with E-state index in [9.17, 15) is 0 Å². The fourth-order valence-corrected chi connectivity index (χ4v) is 2.78. The molecule has 0 aliphatic heterocycles. The Hall–Kier alpha value is 0. The molecule has 3 atom stereocenters. The van der Waals surface area contributed by atoms with Crippen molar-refractivity contribution in [2.24, 2.45) is 17.8 Å². The van der Waals surface area contributed by atoms with Gasteiger partial charge in [0.05, 0.1) is 0 Å². The van der Waals surface area contributed by atoms with E-state index in [1.165, 1.54) is 44.9 Å². The Balaban J connectivity index is 2.32. The van der Waals surface area contributed by atoms with Crippen molar-refractivity contribution in [2.75, 3.05) is 0 Å². The summed E-state index contributed by atoms with van der Waals surface area (Å²) in [6, 6.07) is 0. The summed E-state index contributed by atoms with van der Waals surface area (Å²) in [7, 11) is 0. The Labute approximate surface area is 84.1 Å². The van der Waals surface area contributed by atoms with Gasteiger partial charge in [-0.15, -0.1) is 0 Å². The Morgan fingerprint density at radius 1 is 1.15 bits per heavy atom. The molecule has 0 aromatic heterocycles. The second-order valence-electron chi connectivity index (χ2n) is 5.14. The zero-order chi connectivity index (χ0) is 9.68. The summed E-state index contributed by atoms with van der Waals surface area (Å²) in [4.78, 5) is 0. The van der Waals surface area contributed by atoms with E-state index >= 15 is 0 Å². The van der Waals surface area contributed by atoms with Gasteiger partial charge in [-0.05, 0) is 24.2 Å². The smallest absolute Gasteiger partial charge is 0.0388 e. The Bertz CT molecular complexity index is 128. The molecule has 0 amide bonds. The zero-order valence-corrected chi connectivity index (χ0v) is 9.68. The van der Waals surface area contributed by atoms with E-state index in [-0.39, 0.29) is 0 Å². The van der Waals surface area contributed by atoms with Crippen molar-refractivity contribution < 1.29 is 0 Å². The monoisotopic (exact) mass is 182 g/mol. The van der Waals surface area contributed by atoms with Crippen LogP contribution in [0.1, 0.15) is 65.7 Å². The zero-order valence-electron chi connectivity index (χ0n) is 9.68. The molecule has 1 rings (SSSR count). The molecule has 0 bridgehead atoms. The van der Waals surface area contributed by atoms with Gasteiger partial charge in [0.25, 0.3) is 0 Å². The molecule has 1 saturated carbocycles. The standard InChI is InChI=1S/C13H26/c1-4-6-12(3)13-8-5-7-11(2)9-10-13/h11-13H,4-10H2,1-3H3. The van der Waals surface area contributed by atoms with Crippen LogP contribution in [-0.4, -0.2) is 0 Å². The van der Waals surface area contributed by atoms with Gasteiger partial charge in [0.1, 0.15) is 0 Å². The molecule has 3 unspecified atom stereocenters. The molecule has 1 fully saturated rings. The minimum Gasteiger partial charge on any atom is -0.0654 e. The van der Waals surface area contributed by atoms with Crippen molar-refractivity contribution in [1.29, 1.82) is 0 Å². The third kappa shape index (κ3) is 3.70. The van der Waals surface area contributed by atoms with Gasteiger partial charge in [-0.2, -0.15) is 0 Å². The van der Waals surface area contributed by atoms with E-state index in [4.69, 9.17) is 0 Å². The minimum atomic E-state index is 0.982. The van der Waals surface area contributed by atoms with Crippen molar-refractivity contribution in [1.82, 2.24) is 0 Å². The third-order valence-electron chi connectivity index (χ3n) is 3.85. The van der Waals surface area contributed by atoms with Crippen molar-refractivity contribution in [3.8, 4) is 0 Å². The van der Waals surface area contributed by atoms with Crippen LogP contribution in [-0.2, 0) is 0 Å². The van der Waals surface area contributed by atoms with Gasteiger partial charge in [0, 0.05) is 0 Å². The summed E-state index contributed by atoms with van der Waals surface area (Å²) < 4.78 is 0. The highest BCUT2D eigenvalue weighted by Crippen LogP contribution is 2.33. The molecule has 0 spiro atoms. The van der Waals surface area contributed by atoms with Crippen LogP contribution < -0.4 is 0 Å². The van der Waals surface area contributed by atoms with E-state index in [0.29, 0.717) is 0 Å². The first kappa shape index (κ1) is 11.1. The van der Waals surface area contributed by atoms with Crippen molar-refractivity contribution in [3.05, 3.63) is 0 Å². The normalized spacial score (nSPS) is 32.5. The van der Waals surface area contributed by atoms with Gasteiger partial charge < -0.3 is 0 Å². The maximum Gasteiger partial charge on any atom is -0.0388 e. The van der Waals surface area contributed by atoms with Gasteiger partial charge in [-0.1, -0.05) is 59.3 Å². The van der Waals surface area contributed by atoms with E-state index in [2.05, 4.69) is 20.8 Å². The Morgan fingerprint density at radius 3 is 2.62 bits per heavy atom. The maximum absolute atomic E-state index is 2.46. The highest BCUT2D eigenvalue weighted by atomic mass is 14.3. The third-order valence-corrected chi connectivity index (χ3v) is 3.85. The number of rotatable bonds is 3. The molecule has 13 heavy (non-hydrogen) atoms. The molecule has 0 saturated heterocycles. The summed E-state index contributed by atoms with van der Waals surface area (Å²) in [5.41, 5.74) is 0. The first-order valence-electron chi connectivity index (χ1n) is 6.24. The summed E-state index contributed by atoms with van der Waals surface area (Å²) in [6.45, 7) is 7.20. The SMILES string of the molecule is CCCC(C)C1CCCC(C)CC1. The van der Waals surface area contributed by atoms with Crippen LogP contribution in [0, 0.1) is 17.8 Å².